The van der Waals surface area contributed by atoms with Crippen LogP contribution in [-0.4, -0.2) is 40.0 Å². The normalized spacial score (nSPS) is 24.0. The molecule has 1 aliphatic heterocycles. The summed E-state index contributed by atoms with van der Waals surface area (Å²) in [6.45, 7) is 2.49. The summed E-state index contributed by atoms with van der Waals surface area (Å²) in [6, 6.07) is 1.55. The number of hydrogen-bond acceptors (Lipinski definition) is 2. The van der Waals surface area contributed by atoms with E-state index in [0.29, 0.717) is 30.1 Å². The summed E-state index contributed by atoms with van der Waals surface area (Å²) in [6.07, 6.45) is 2.83. The van der Waals surface area contributed by atoms with Gasteiger partial charge in [0.15, 0.2) is 0 Å². The Morgan fingerprint density at radius 1 is 1.56 bits per heavy atom. The number of H-pyrrole nitrogens is 1. The molecule has 1 saturated heterocycles. The van der Waals surface area contributed by atoms with Gasteiger partial charge in [0, 0.05) is 19.3 Å². The van der Waals surface area contributed by atoms with Crippen molar-refractivity contribution in [1.82, 2.24) is 9.88 Å². The Balaban J connectivity index is 2.14. The van der Waals surface area contributed by atoms with E-state index < -0.39 is 11.4 Å². The Kier molecular flexibility index (Phi) is 3.34. The fraction of sp³-hybridized carbons (Fsp3) is 0.500. The van der Waals surface area contributed by atoms with Crippen LogP contribution >= 0.6 is 11.6 Å². The Bertz CT molecular complexity index is 485. The molecule has 1 fully saturated rings. The minimum atomic E-state index is -0.857. The van der Waals surface area contributed by atoms with Gasteiger partial charge in [-0.2, -0.15) is 0 Å². The van der Waals surface area contributed by atoms with Crippen LogP contribution in [0.3, 0.4) is 0 Å². The number of rotatable bonds is 2. The molecule has 1 aromatic rings. The molecule has 2 heterocycles. The van der Waals surface area contributed by atoms with Crippen LogP contribution in [0.4, 0.5) is 0 Å². The van der Waals surface area contributed by atoms with Gasteiger partial charge in [-0.25, -0.2) is 0 Å². The lowest BCUT2D eigenvalue weighted by Crippen LogP contribution is -2.48. The van der Waals surface area contributed by atoms with E-state index in [2.05, 4.69) is 4.98 Å². The molecule has 1 atom stereocenters. The van der Waals surface area contributed by atoms with E-state index >= 15 is 0 Å². The van der Waals surface area contributed by atoms with Crippen LogP contribution in [0.2, 0.25) is 5.02 Å². The van der Waals surface area contributed by atoms with Gasteiger partial charge >= 0.3 is 5.97 Å². The zero-order valence-electron chi connectivity index (χ0n) is 10.1. The quantitative estimate of drug-likeness (QED) is 0.863. The maximum Gasteiger partial charge on any atom is 0.311 e. The fourth-order valence-corrected chi connectivity index (χ4v) is 2.41. The Hall–Kier alpha value is -1.49. The number of hydrogen-bond donors (Lipinski definition) is 2. The highest BCUT2D eigenvalue weighted by atomic mass is 35.5. The highest BCUT2D eigenvalue weighted by Gasteiger charge is 2.39. The molecule has 2 rings (SSSR count). The number of aromatic nitrogens is 1. The van der Waals surface area contributed by atoms with Crippen molar-refractivity contribution >= 4 is 23.5 Å². The van der Waals surface area contributed by atoms with Gasteiger partial charge in [0.2, 0.25) is 0 Å². The number of piperidine rings is 1. The topological polar surface area (TPSA) is 73.4 Å². The molecular weight excluding hydrogens is 256 g/mol. The Morgan fingerprint density at radius 2 is 2.28 bits per heavy atom. The maximum absolute atomic E-state index is 12.2. The highest BCUT2D eigenvalue weighted by molar-refractivity contribution is 6.30. The Labute approximate surface area is 110 Å². The van der Waals surface area contributed by atoms with Crippen LogP contribution in [0.25, 0.3) is 0 Å². The maximum atomic E-state index is 12.2. The lowest BCUT2D eigenvalue weighted by atomic mass is 9.82. The number of likely N-dealkylation sites (tertiary alicyclic amines) is 1. The standard InChI is InChI=1S/C12H15ClN2O3/c1-12(11(17)18)3-2-4-15(7-12)10(16)9-5-8(13)6-14-9/h5-6,14H,2-4,7H2,1H3,(H,17,18). The average Bonchev–Trinajstić information content (AvgIpc) is 2.75. The molecule has 0 saturated carbocycles. The van der Waals surface area contributed by atoms with Gasteiger partial charge in [-0.1, -0.05) is 11.6 Å². The van der Waals surface area contributed by atoms with Gasteiger partial charge in [-0.05, 0) is 25.8 Å². The average molecular weight is 271 g/mol. The summed E-state index contributed by atoms with van der Waals surface area (Å²) in [5.41, 5.74) is -0.459. The molecule has 1 unspecified atom stereocenters. The SMILES string of the molecule is CC1(C(=O)O)CCCN(C(=O)c2cc(Cl)c[nH]2)C1. The number of carboxylic acids is 1. The largest absolute Gasteiger partial charge is 0.481 e. The molecule has 2 N–H and O–H groups in total. The third-order valence-corrected chi connectivity index (χ3v) is 3.60. The van der Waals surface area contributed by atoms with Crippen LogP contribution in [0.15, 0.2) is 12.3 Å². The first-order chi connectivity index (χ1) is 8.42. The van der Waals surface area contributed by atoms with Crippen molar-refractivity contribution in [3.05, 3.63) is 23.0 Å². The van der Waals surface area contributed by atoms with Crippen molar-refractivity contribution in [2.45, 2.75) is 19.8 Å². The van der Waals surface area contributed by atoms with Gasteiger partial charge in [-0.3, -0.25) is 9.59 Å². The van der Waals surface area contributed by atoms with Gasteiger partial charge < -0.3 is 15.0 Å². The fourth-order valence-electron chi connectivity index (χ4n) is 2.25. The van der Waals surface area contributed by atoms with E-state index in [0.717, 1.165) is 0 Å². The molecule has 0 radical (unpaired) electrons. The van der Waals surface area contributed by atoms with Crippen molar-refractivity contribution in [1.29, 1.82) is 0 Å². The molecule has 0 bridgehead atoms. The van der Waals surface area contributed by atoms with E-state index in [1.807, 2.05) is 0 Å². The summed E-state index contributed by atoms with van der Waals surface area (Å²) in [4.78, 5) is 27.7. The molecular formula is C12H15ClN2O3. The molecule has 0 aromatic carbocycles. The van der Waals surface area contributed by atoms with Gasteiger partial charge in [0.1, 0.15) is 5.69 Å². The van der Waals surface area contributed by atoms with Crippen molar-refractivity contribution in [3.8, 4) is 0 Å². The third kappa shape index (κ3) is 2.36. The highest BCUT2D eigenvalue weighted by Crippen LogP contribution is 2.30. The Morgan fingerprint density at radius 3 is 2.83 bits per heavy atom. The zero-order valence-corrected chi connectivity index (χ0v) is 10.8. The van der Waals surface area contributed by atoms with Crippen LogP contribution in [0.1, 0.15) is 30.3 Å². The van der Waals surface area contributed by atoms with E-state index in [1.165, 1.54) is 6.20 Å². The van der Waals surface area contributed by atoms with E-state index in [1.54, 1.807) is 17.9 Å². The monoisotopic (exact) mass is 270 g/mol. The molecule has 0 spiro atoms. The third-order valence-electron chi connectivity index (χ3n) is 3.38. The molecule has 1 amide bonds. The number of carboxylic acid groups (broad SMARTS) is 1. The number of aliphatic carboxylic acids is 1. The van der Waals surface area contributed by atoms with E-state index in [-0.39, 0.29) is 12.5 Å². The summed E-state index contributed by atoms with van der Waals surface area (Å²) >= 11 is 5.75. The number of carbonyl (C=O) groups excluding carboxylic acids is 1. The lowest BCUT2D eigenvalue weighted by Gasteiger charge is -2.37. The van der Waals surface area contributed by atoms with Gasteiger partial charge in [-0.15, -0.1) is 0 Å². The second-order valence-electron chi connectivity index (χ2n) is 4.93. The minimum Gasteiger partial charge on any atom is -0.481 e. The van der Waals surface area contributed by atoms with Crippen molar-refractivity contribution in [2.75, 3.05) is 13.1 Å². The molecule has 98 valence electrons. The molecule has 1 aromatic heterocycles. The zero-order chi connectivity index (χ0) is 13.3. The lowest BCUT2D eigenvalue weighted by molar-refractivity contribution is -0.150. The molecule has 6 heteroatoms. The predicted octanol–water partition coefficient (Wildman–Crippen LogP) is 1.99. The first-order valence-electron chi connectivity index (χ1n) is 5.79. The molecule has 5 nitrogen and oxygen atoms in total. The van der Waals surface area contributed by atoms with E-state index in [4.69, 9.17) is 11.6 Å². The number of halogens is 1. The van der Waals surface area contributed by atoms with Crippen LogP contribution in [0.5, 0.6) is 0 Å². The number of carbonyl (C=O) groups is 2. The number of nitrogens with one attached hydrogen (secondary N) is 1. The van der Waals surface area contributed by atoms with E-state index in [9.17, 15) is 14.7 Å². The second kappa shape index (κ2) is 4.65. The number of amides is 1. The van der Waals surface area contributed by atoms with Crippen LogP contribution < -0.4 is 0 Å². The molecule has 18 heavy (non-hydrogen) atoms. The number of nitrogens with zero attached hydrogens (tertiary/aromatic N) is 1. The minimum absolute atomic E-state index is 0.200. The number of aromatic amines is 1. The molecule has 1 aliphatic rings. The smallest absolute Gasteiger partial charge is 0.311 e. The first kappa shape index (κ1) is 13.0. The summed E-state index contributed by atoms with van der Waals surface area (Å²) in [5.74, 6) is -1.06. The van der Waals surface area contributed by atoms with Gasteiger partial charge in [0.05, 0.1) is 10.4 Å². The second-order valence-corrected chi connectivity index (χ2v) is 5.36. The first-order valence-corrected chi connectivity index (χ1v) is 6.17. The predicted molar refractivity (Wildman–Crippen MR) is 66.7 cm³/mol. The van der Waals surface area contributed by atoms with Crippen molar-refractivity contribution < 1.29 is 14.7 Å². The van der Waals surface area contributed by atoms with Crippen LogP contribution in [-0.2, 0) is 4.79 Å². The molecule has 0 aliphatic carbocycles. The van der Waals surface area contributed by atoms with Crippen molar-refractivity contribution in [3.63, 3.8) is 0 Å². The summed E-state index contributed by atoms with van der Waals surface area (Å²) in [7, 11) is 0. The van der Waals surface area contributed by atoms with Crippen LogP contribution in [0, 0.1) is 5.41 Å². The summed E-state index contributed by atoms with van der Waals surface area (Å²) < 4.78 is 0. The van der Waals surface area contributed by atoms with Gasteiger partial charge in [0.25, 0.3) is 5.91 Å². The van der Waals surface area contributed by atoms with Crippen molar-refractivity contribution in [2.24, 2.45) is 5.41 Å². The summed E-state index contributed by atoms with van der Waals surface area (Å²) in [5, 5.41) is 9.67.